The average molecular weight is 360 g/mol. The molecule has 0 atom stereocenters. The van der Waals surface area contributed by atoms with Gasteiger partial charge in [-0.15, -0.1) is 0 Å². The molecule has 0 aliphatic heterocycles. The van der Waals surface area contributed by atoms with E-state index in [-0.39, 0.29) is 11.5 Å². The zero-order chi connectivity index (χ0) is 19.0. The Hall–Kier alpha value is -3.41. The summed E-state index contributed by atoms with van der Waals surface area (Å²) in [6.07, 6.45) is 0. The van der Waals surface area contributed by atoms with E-state index in [4.69, 9.17) is 0 Å². The molecular formula is C21H20N4O2. The standard InChI is InChI=1S/C21H20N4O2/c1-3-25-18-11-7-6-10-17(18)22-19(25)13-24(2)21(27)15-12-20(26)23-16-9-5-4-8-14(15)16/h4-12H,3,13H2,1-2H3,(H,23,26). The summed E-state index contributed by atoms with van der Waals surface area (Å²) in [5.74, 6) is 0.621. The van der Waals surface area contributed by atoms with Crippen LogP contribution < -0.4 is 5.56 Å². The fourth-order valence-electron chi connectivity index (χ4n) is 3.47. The van der Waals surface area contributed by atoms with Gasteiger partial charge in [-0.05, 0) is 25.1 Å². The van der Waals surface area contributed by atoms with E-state index in [9.17, 15) is 9.59 Å². The van der Waals surface area contributed by atoms with Gasteiger partial charge in [0.2, 0.25) is 5.56 Å². The number of hydrogen-bond acceptors (Lipinski definition) is 3. The minimum Gasteiger partial charge on any atom is -0.334 e. The van der Waals surface area contributed by atoms with E-state index in [1.54, 1.807) is 18.0 Å². The lowest BCUT2D eigenvalue weighted by Crippen LogP contribution is -2.29. The average Bonchev–Trinajstić information content (AvgIpc) is 3.03. The molecule has 27 heavy (non-hydrogen) atoms. The molecule has 0 fully saturated rings. The molecule has 6 nitrogen and oxygen atoms in total. The third kappa shape index (κ3) is 2.99. The van der Waals surface area contributed by atoms with Gasteiger partial charge in [0, 0.05) is 30.6 Å². The number of rotatable bonds is 4. The highest BCUT2D eigenvalue weighted by Crippen LogP contribution is 2.19. The summed E-state index contributed by atoms with van der Waals surface area (Å²) < 4.78 is 2.11. The van der Waals surface area contributed by atoms with Gasteiger partial charge in [-0.25, -0.2) is 4.98 Å². The summed E-state index contributed by atoms with van der Waals surface area (Å²) in [5, 5.41) is 0.734. The van der Waals surface area contributed by atoms with Gasteiger partial charge in [-0.3, -0.25) is 9.59 Å². The van der Waals surface area contributed by atoms with Gasteiger partial charge >= 0.3 is 0 Å². The van der Waals surface area contributed by atoms with Crippen molar-refractivity contribution in [3.05, 3.63) is 76.3 Å². The van der Waals surface area contributed by atoms with E-state index in [0.29, 0.717) is 17.6 Å². The number of aromatic nitrogens is 3. The topological polar surface area (TPSA) is 71.0 Å². The van der Waals surface area contributed by atoms with Crippen LogP contribution in [0.1, 0.15) is 23.1 Å². The van der Waals surface area contributed by atoms with Gasteiger partial charge in [-0.2, -0.15) is 0 Å². The Kier molecular flexibility index (Phi) is 4.24. The van der Waals surface area contributed by atoms with Crippen molar-refractivity contribution in [2.24, 2.45) is 0 Å². The van der Waals surface area contributed by atoms with Gasteiger partial charge in [-0.1, -0.05) is 30.3 Å². The maximum Gasteiger partial charge on any atom is 0.254 e. The number of nitrogens with one attached hydrogen (secondary N) is 1. The Labute approximate surface area is 156 Å². The molecule has 1 amide bonds. The normalized spacial score (nSPS) is 11.2. The van der Waals surface area contributed by atoms with Crippen LogP contribution >= 0.6 is 0 Å². The van der Waals surface area contributed by atoms with Crippen LogP contribution in [0.15, 0.2) is 59.4 Å². The minimum absolute atomic E-state index is 0.202. The van der Waals surface area contributed by atoms with E-state index in [2.05, 4.69) is 21.5 Å². The van der Waals surface area contributed by atoms with Crippen LogP contribution in [0.5, 0.6) is 0 Å². The number of H-pyrrole nitrogens is 1. The molecule has 0 aliphatic carbocycles. The molecule has 4 aromatic rings. The number of nitrogens with zero attached hydrogens (tertiary/aromatic N) is 3. The third-order valence-electron chi connectivity index (χ3n) is 4.76. The molecule has 2 aromatic heterocycles. The van der Waals surface area contributed by atoms with Crippen LogP contribution in [0, 0.1) is 0 Å². The number of benzene rings is 2. The fourth-order valence-corrected chi connectivity index (χ4v) is 3.47. The van der Waals surface area contributed by atoms with Crippen LogP contribution in [0.3, 0.4) is 0 Å². The number of fused-ring (bicyclic) bond motifs is 2. The molecule has 136 valence electrons. The first-order valence-corrected chi connectivity index (χ1v) is 8.90. The lowest BCUT2D eigenvalue weighted by Gasteiger charge is -2.18. The Balaban J connectivity index is 1.71. The van der Waals surface area contributed by atoms with Crippen LogP contribution in [0.4, 0.5) is 0 Å². The smallest absolute Gasteiger partial charge is 0.254 e. The van der Waals surface area contributed by atoms with Crippen LogP contribution in [-0.2, 0) is 13.1 Å². The second kappa shape index (κ2) is 6.72. The van der Waals surface area contributed by atoms with Crippen molar-refractivity contribution in [2.45, 2.75) is 20.0 Å². The maximum absolute atomic E-state index is 13.1. The second-order valence-electron chi connectivity index (χ2n) is 6.52. The molecule has 0 saturated heterocycles. The lowest BCUT2D eigenvalue weighted by atomic mass is 10.1. The molecule has 2 heterocycles. The summed E-state index contributed by atoms with van der Waals surface area (Å²) >= 11 is 0. The quantitative estimate of drug-likeness (QED) is 0.608. The molecule has 0 bridgehead atoms. The molecule has 4 rings (SSSR count). The third-order valence-corrected chi connectivity index (χ3v) is 4.76. The van der Waals surface area contributed by atoms with Crippen molar-refractivity contribution in [3.8, 4) is 0 Å². The van der Waals surface area contributed by atoms with Crippen molar-refractivity contribution < 1.29 is 4.79 Å². The van der Waals surface area contributed by atoms with Crippen molar-refractivity contribution in [3.63, 3.8) is 0 Å². The van der Waals surface area contributed by atoms with Crippen molar-refractivity contribution in [2.75, 3.05) is 7.05 Å². The number of aryl methyl sites for hydroxylation is 1. The molecule has 1 N–H and O–H groups in total. The van der Waals surface area contributed by atoms with Gasteiger partial charge in [0.25, 0.3) is 5.91 Å². The fraction of sp³-hybridized carbons (Fsp3) is 0.190. The number of amides is 1. The van der Waals surface area contributed by atoms with Crippen LogP contribution in [0.25, 0.3) is 21.9 Å². The van der Waals surface area contributed by atoms with Gasteiger partial charge in [0.05, 0.1) is 23.1 Å². The summed E-state index contributed by atoms with van der Waals surface area (Å²) in [4.78, 5) is 34.1. The first-order valence-electron chi connectivity index (χ1n) is 8.90. The number of carbonyl (C=O) groups is 1. The van der Waals surface area contributed by atoms with E-state index >= 15 is 0 Å². The maximum atomic E-state index is 13.1. The summed E-state index contributed by atoms with van der Waals surface area (Å²) in [5.41, 5.74) is 2.74. The summed E-state index contributed by atoms with van der Waals surface area (Å²) in [6.45, 7) is 3.19. The zero-order valence-electron chi connectivity index (χ0n) is 15.3. The summed E-state index contributed by atoms with van der Waals surface area (Å²) in [6, 6.07) is 16.6. The highest BCUT2D eigenvalue weighted by molar-refractivity contribution is 6.05. The van der Waals surface area contributed by atoms with E-state index in [1.807, 2.05) is 42.5 Å². The number of para-hydroxylation sites is 3. The van der Waals surface area contributed by atoms with E-state index < -0.39 is 0 Å². The van der Waals surface area contributed by atoms with Crippen LogP contribution in [0.2, 0.25) is 0 Å². The molecule has 0 unspecified atom stereocenters. The largest absolute Gasteiger partial charge is 0.334 e. The molecule has 0 aliphatic rings. The minimum atomic E-state index is -0.286. The Morgan fingerprint density at radius 1 is 1.15 bits per heavy atom. The molecule has 0 radical (unpaired) electrons. The van der Waals surface area contributed by atoms with Gasteiger partial charge in [0.15, 0.2) is 0 Å². The Morgan fingerprint density at radius 2 is 1.89 bits per heavy atom. The van der Waals surface area contributed by atoms with E-state index in [1.165, 1.54) is 6.07 Å². The number of imidazole rings is 1. The van der Waals surface area contributed by atoms with Crippen molar-refractivity contribution in [1.29, 1.82) is 0 Å². The SMILES string of the molecule is CCn1c(CN(C)C(=O)c2cc(=O)[nH]c3ccccc23)nc2ccccc21. The number of pyridine rings is 1. The zero-order valence-corrected chi connectivity index (χ0v) is 15.3. The number of carbonyl (C=O) groups excluding carboxylic acids is 1. The number of hydrogen-bond donors (Lipinski definition) is 1. The molecule has 6 heteroatoms. The Morgan fingerprint density at radius 3 is 2.70 bits per heavy atom. The second-order valence-corrected chi connectivity index (χ2v) is 6.52. The molecular weight excluding hydrogens is 340 g/mol. The number of aromatic amines is 1. The van der Waals surface area contributed by atoms with E-state index in [0.717, 1.165) is 28.8 Å². The van der Waals surface area contributed by atoms with Crippen molar-refractivity contribution in [1.82, 2.24) is 19.4 Å². The van der Waals surface area contributed by atoms with Gasteiger partial charge < -0.3 is 14.5 Å². The molecule has 2 aromatic carbocycles. The molecule has 0 saturated carbocycles. The predicted molar refractivity (Wildman–Crippen MR) is 106 cm³/mol. The van der Waals surface area contributed by atoms with Crippen molar-refractivity contribution >= 4 is 27.8 Å². The molecule has 0 spiro atoms. The first kappa shape index (κ1) is 17.0. The predicted octanol–water partition coefficient (Wildman–Crippen LogP) is 3.17. The monoisotopic (exact) mass is 360 g/mol. The highest BCUT2D eigenvalue weighted by Gasteiger charge is 2.19. The van der Waals surface area contributed by atoms with Crippen LogP contribution in [-0.4, -0.2) is 32.4 Å². The van der Waals surface area contributed by atoms with Gasteiger partial charge in [0.1, 0.15) is 5.82 Å². The highest BCUT2D eigenvalue weighted by atomic mass is 16.2. The Bertz CT molecular complexity index is 1210. The summed E-state index contributed by atoms with van der Waals surface area (Å²) in [7, 11) is 1.73. The first-order chi connectivity index (χ1) is 13.1. The lowest BCUT2D eigenvalue weighted by molar-refractivity contribution is 0.0782.